The molecule has 2 atom stereocenters. The van der Waals surface area contributed by atoms with Gasteiger partial charge in [0.2, 0.25) is 0 Å². The Morgan fingerprint density at radius 2 is 1.96 bits per heavy atom. The molecule has 0 aliphatic heterocycles. The van der Waals surface area contributed by atoms with Gasteiger partial charge in [-0.15, -0.1) is 0 Å². The highest BCUT2D eigenvalue weighted by Crippen LogP contribution is 2.26. The lowest BCUT2D eigenvalue weighted by molar-refractivity contribution is -0.384. The smallest absolute Gasteiger partial charge is 0.467 e. The number of carbonyl (C=O) groups is 2. The van der Waals surface area contributed by atoms with Crippen molar-refractivity contribution in [1.29, 1.82) is 0 Å². The van der Waals surface area contributed by atoms with Crippen molar-refractivity contribution in [2.75, 3.05) is 7.11 Å². The molecule has 0 spiro atoms. The molecular weight excluding hydrogens is 346 g/mol. The minimum absolute atomic E-state index is 0.0689. The Labute approximate surface area is 149 Å². The summed E-state index contributed by atoms with van der Waals surface area (Å²) in [6, 6.07) is 4.97. The average molecular weight is 365 g/mol. The molecule has 2 rings (SSSR count). The van der Waals surface area contributed by atoms with Gasteiger partial charge in [-0.1, -0.05) is 6.08 Å². The topological polar surface area (TPSA) is 125 Å². The molecule has 26 heavy (non-hydrogen) atoms. The van der Waals surface area contributed by atoms with Gasteiger partial charge in [-0.05, 0) is 43.9 Å². The van der Waals surface area contributed by atoms with E-state index in [-0.39, 0.29) is 30.7 Å². The van der Waals surface area contributed by atoms with Crippen LogP contribution in [0.25, 0.3) is 0 Å². The summed E-state index contributed by atoms with van der Waals surface area (Å²) < 4.78 is 14.8. The van der Waals surface area contributed by atoms with Gasteiger partial charge in [-0.2, -0.15) is 0 Å². The maximum Gasteiger partial charge on any atom is 0.514 e. The van der Waals surface area contributed by atoms with Gasteiger partial charge in [-0.3, -0.25) is 10.1 Å². The SMILES string of the molecule is COC(=O)[C@]1(O)CC/C=C\[C@H](OC(=O)Oc2ccc([N+](=O)[O-])cc2)CC1. The minimum atomic E-state index is -1.62. The number of carbonyl (C=O) groups excluding carboxylic acids is 2. The maximum atomic E-state index is 11.9. The third-order valence-electron chi connectivity index (χ3n) is 3.98. The summed E-state index contributed by atoms with van der Waals surface area (Å²) in [5, 5.41) is 21.0. The second-order valence-electron chi connectivity index (χ2n) is 5.79. The molecule has 9 heteroatoms. The zero-order valence-electron chi connectivity index (χ0n) is 14.1. The van der Waals surface area contributed by atoms with E-state index in [0.717, 1.165) is 0 Å². The predicted molar refractivity (Wildman–Crippen MR) is 88.6 cm³/mol. The largest absolute Gasteiger partial charge is 0.514 e. The molecule has 0 saturated carbocycles. The van der Waals surface area contributed by atoms with E-state index in [1.54, 1.807) is 12.2 Å². The Kier molecular flexibility index (Phi) is 6.29. The number of non-ortho nitro benzene ring substituents is 1. The van der Waals surface area contributed by atoms with E-state index in [4.69, 9.17) is 9.47 Å². The van der Waals surface area contributed by atoms with E-state index < -0.39 is 28.8 Å². The average Bonchev–Trinajstić information content (AvgIpc) is 2.61. The number of hydrogen-bond acceptors (Lipinski definition) is 8. The first-order valence-corrected chi connectivity index (χ1v) is 7.94. The van der Waals surface area contributed by atoms with Crippen LogP contribution in [0, 0.1) is 10.1 Å². The summed E-state index contributed by atoms with van der Waals surface area (Å²) in [6.45, 7) is 0. The van der Waals surface area contributed by atoms with E-state index >= 15 is 0 Å². The fourth-order valence-corrected chi connectivity index (χ4v) is 2.54. The summed E-state index contributed by atoms with van der Waals surface area (Å²) >= 11 is 0. The minimum Gasteiger partial charge on any atom is -0.467 e. The van der Waals surface area contributed by atoms with Gasteiger partial charge in [0.15, 0.2) is 5.60 Å². The second-order valence-corrected chi connectivity index (χ2v) is 5.79. The lowest BCUT2D eigenvalue weighted by atomic mass is 9.88. The Balaban J connectivity index is 1.94. The van der Waals surface area contributed by atoms with Crippen molar-refractivity contribution < 1.29 is 33.8 Å². The molecule has 1 aliphatic rings. The molecule has 0 amide bonds. The third-order valence-corrected chi connectivity index (χ3v) is 3.98. The number of allylic oxidation sites excluding steroid dienone is 1. The van der Waals surface area contributed by atoms with Gasteiger partial charge in [-0.25, -0.2) is 9.59 Å². The number of ether oxygens (including phenoxy) is 3. The number of rotatable bonds is 4. The molecule has 140 valence electrons. The Hall–Kier alpha value is -2.94. The Bertz CT molecular complexity index is 699. The first-order chi connectivity index (χ1) is 12.3. The van der Waals surface area contributed by atoms with Gasteiger partial charge in [0.1, 0.15) is 11.9 Å². The summed E-state index contributed by atoms with van der Waals surface area (Å²) in [5.74, 6) is -0.624. The van der Waals surface area contributed by atoms with Crippen molar-refractivity contribution >= 4 is 17.8 Å². The van der Waals surface area contributed by atoms with Crippen LogP contribution < -0.4 is 4.74 Å². The molecule has 1 aromatic carbocycles. The zero-order valence-corrected chi connectivity index (χ0v) is 14.1. The number of esters is 1. The molecule has 0 aromatic heterocycles. The number of aliphatic hydroxyl groups is 1. The van der Waals surface area contributed by atoms with E-state index in [2.05, 4.69) is 4.74 Å². The normalized spacial score (nSPS) is 23.8. The molecule has 1 aromatic rings. The van der Waals surface area contributed by atoms with Crippen LogP contribution >= 0.6 is 0 Å². The second kappa shape index (κ2) is 8.43. The van der Waals surface area contributed by atoms with Crippen molar-refractivity contribution in [3.8, 4) is 5.75 Å². The van der Waals surface area contributed by atoms with Gasteiger partial charge in [0.25, 0.3) is 5.69 Å². The summed E-state index contributed by atoms with van der Waals surface area (Å²) in [5.41, 5.74) is -1.75. The van der Waals surface area contributed by atoms with Crippen LogP contribution in [0.5, 0.6) is 5.75 Å². The number of hydrogen-bond donors (Lipinski definition) is 1. The van der Waals surface area contributed by atoms with Gasteiger partial charge >= 0.3 is 12.1 Å². The van der Waals surface area contributed by atoms with Gasteiger partial charge < -0.3 is 19.3 Å². The molecule has 1 aliphatic carbocycles. The van der Waals surface area contributed by atoms with E-state index in [1.165, 1.54) is 31.4 Å². The summed E-state index contributed by atoms with van der Waals surface area (Å²) in [7, 11) is 1.20. The van der Waals surface area contributed by atoms with E-state index in [9.17, 15) is 24.8 Å². The molecule has 0 radical (unpaired) electrons. The summed E-state index contributed by atoms with van der Waals surface area (Å²) in [6.07, 6.45) is 2.61. The molecule has 0 fully saturated rings. The molecule has 0 saturated heterocycles. The van der Waals surface area contributed by atoms with Crippen molar-refractivity contribution in [2.24, 2.45) is 0 Å². The van der Waals surface area contributed by atoms with Crippen LogP contribution in [0.1, 0.15) is 25.7 Å². The van der Waals surface area contributed by atoms with Crippen LogP contribution in [0.4, 0.5) is 10.5 Å². The molecule has 0 heterocycles. The first kappa shape index (κ1) is 19.4. The van der Waals surface area contributed by atoms with Crippen molar-refractivity contribution in [3.63, 3.8) is 0 Å². The molecular formula is C17H19NO8. The lowest BCUT2D eigenvalue weighted by Crippen LogP contribution is -2.41. The lowest BCUT2D eigenvalue weighted by Gasteiger charge is -2.27. The van der Waals surface area contributed by atoms with E-state index in [0.29, 0.717) is 6.42 Å². The van der Waals surface area contributed by atoms with Crippen LogP contribution in [0.2, 0.25) is 0 Å². The number of nitro benzene ring substituents is 1. The number of methoxy groups -OCH3 is 1. The van der Waals surface area contributed by atoms with Crippen LogP contribution in [0.3, 0.4) is 0 Å². The standard InChI is InChI=1S/C17H19NO8/c1-24-15(19)17(21)10-3-2-4-13(9-11-17)25-16(20)26-14-7-5-12(6-8-14)18(22)23/h2,4-8,13,21H,3,9-11H2,1H3/b4-2-/t13-,17-/m0/s1. The monoisotopic (exact) mass is 365 g/mol. The molecule has 0 bridgehead atoms. The molecule has 9 nitrogen and oxygen atoms in total. The number of nitro groups is 1. The van der Waals surface area contributed by atoms with Crippen molar-refractivity contribution in [1.82, 2.24) is 0 Å². The maximum absolute atomic E-state index is 11.9. The van der Waals surface area contributed by atoms with Gasteiger partial charge in [0, 0.05) is 12.1 Å². The van der Waals surface area contributed by atoms with Gasteiger partial charge in [0.05, 0.1) is 12.0 Å². The Morgan fingerprint density at radius 3 is 2.58 bits per heavy atom. The van der Waals surface area contributed by atoms with Crippen molar-refractivity contribution in [2.45, 2.75) is 37.4 Å². The Morgan fingerprint density at radius 1 is 1.27 bits per heavy atom. The van der Waals surface area contributed by atoms with E-state index in [1.807, 2.05) is 0 Å². The number of benzene rings is 1. The summed E-state index contributed by atoms with van der Waals surface area (Å²) in [4.78, 5) is 33.6. The molecule has 1 N–H and O–H groups in total. The highest BCUT2D eigenvalue weighted by molar-refractivity contribution is 5.79. The highest BCUT2D eigenvalue weighted by Gasteiger charge is 2.37. The molecule has 0 unspecified atom stereocenters. The van der Waals surface area contributed by atoms with Crippen molar-refractivity contribution in [3.05, 3.63) is 46.5 Å². The van der Waals surface area contributed by atoms with Crippen LogP contribution in [0.15, 0.2) is 36.4 Å². The zero-order chi connectivity index (χ0) is 19.2. The fourth-order valence-electron chi connectivity index (χ4n) is 2.54. The third kappa shape index (κ3) is 5.03. The van der Waals surface area contributed by atoms with Crippen LogP contribution in [-0.4, -0.2) is 41.0 Å². The van der Waals surface area contributed by atoms with Crippen LogP contribution in [-0.2, 0) is 14.3 Å². The fraction of sp³-hybridized carbons (Fsp3) is 0.412. The number of nitrogens with zero attached hydrogens (tertiary/aromatic N) is 1. The first-order valence-electron chi connectivity index (χ1n) is 7.94. The highest BCUT2D eigenvalue weighted by atomic mass is 16.7. The quantitative estimate of drug-likeness (QED) is 0.284. The predicted octanol–water partition coefficient (Wildman–Crippen LogP) is 2.51.